The lowest BCUT2D eigenvalue weighted by atomic mass is 10.1. The summed E-state index contributed by atoms with van der Waals surface area (Å²) in [5, 5.41) is 11.3. The molecule has 2 rings (SSSR count). The number of nitro groups is 1. The Kier molecular flexibility index (Phi) is 5.06. The first kappa shape index (κ1) is 15.9. The Morgan fingerprint density at radius 1 is 1.27 bits per heavy atom. The van der Waals surface area contributed by atoms with E-state index in [1.807, 2.05) is 0 Å². The van der Waals surface area contributed by atoms with Crippen LogP contribution < -0.4 is 4.74 Å². The van der Waals surface area contributed by atoms with Gasteiger partial charge in [0.25, 0.3) is 0 Å². The van der Waals surface area contributed by atoms with E-state index < -0.39 is 28.1 Å². The maximum atomic E-state index is 13.1. The predicted molar refractivity (Wildman–Crippen MR) is 78.5 cm³/mol. The number of hydrogen-bond acceptors (Lipinski definition) is 4. The summed E-state index contributed by atoms with van der Waals surface area (Å²) in [6.45, 7) is 0. The maximum Gasteiger partial charge on any atom is 0.311 e. The number of hydrogen-bond donors (Lipinski definition) is 0. The highest BCUT2D eigenvalue weighted by Gasteiger charge is 2.19. The Balaban J connectivity index is 2.05. The minimum atomic E-state index is -0.740. The van der Waals surface area contributed by atoms with E-state index in [0.29, 0.717) is 11.4 Å². The van der Waals surface area contributed by atoms with Crippen molar-refractivity contribution in [1.82, 2.24) is 0 Å². The molecule has 0 heterocycles. The van der Waals surface area contributed by atoms with E-state index in [1.165, 1.54) is 0 Å². The van der Waals surface area contributed by atoms with Crippen molar-refractivity contribution in [2.24, 2.45) is 0 Å². The highest BCUT2D eigenvalue weighted by atomic mass is 35.5. The van der Waals surface area contributed by atoms with Gasteiger partial charge in [-0.1, -0.05) is 29.8 Å². The van der Waals surface area contributed by atoms with Crippen molar-refractivity contribution in [2.75, 3.05) is 0 Å². The third-order valence-corrected chi connectivity index (χ3v) is 3.27. The smallest absolute Gasteiger partial charge is 0.311 e. The molecule has 0 atom stereocenters. The molecule has 0 bridgehead atoms. The molecule has 0 spiro atoms. The summed E-state index contributed by atoms with van der Waals surface area (Å²) in [6.07, 6.45) is 0.291. The molecule has 0 aliphatic rings. The van der Waals surface area contributed by atoms with Crippen molar-refractivity contribution < 1.29 is 18.8 Å². The lowest BCUT2D eigenvalue weighted by Crippen LogP contribution is -2.10. The van der Waals surface area contributed by atoms with Crippen molar-refractivity contribution >= 4 is 23.3 Å². The Morgan fingerprint density at radius 3 is 2.68 bits per heavy atom. The van der Waals surface area contributed by atoms with Crippen LogP contribution in [0.1, 0.15) is 12.0 Å². The lowest BCUT2D eigenvalue weighted by molar-refractivity contribution is -0.385. The van der Waals surface area contributed by atoms with Gasteiger partial charge in [-0.15, -0.1) is 0 Å². The van der Waals surface area contributed by atoms with Gasteiger partial charge in [-0.3, -0.25) is 14.9 Å². The van der Waals surface area contributed by atoms with Crippen molar-refractivity contribution in [3.05, 3.63) is 69.0 Å². The van der Waals surface area contributed by atoms with Crippen LogP contribution in [0.5, 0.6) is 5.75 Å². The third kappa shape index (κ3) is 4.02. The molecular weight excluding hydrogens is 313 g/mol. The molecule has 0 fully saturated rings. The van der Waals surface area contributed by atoms with E-state index in [0.717, 1.165) is 23.8 Å². The van der Waals surface area contributed by atoms with Crippen LogP contribution in [0.2, 0.25) is 5.02 Å². The highest BCUT2D eigenvalue weighted by Crippen LogP contribution is 2.28. The Hall–Kier alpha value is -2.47. The van der Waals surface area contributed by atoms with Gasteiger partial charge in [0, 0.05) is 17.2 Å². The number of benzene rings is 2. The van der Waals surface area contributed by atoms with Crippen LogP contribution in [0, 0.1) is 15.9 Å². The SMILES string of the molecule is O=C(CCc1ccccc1Cl)Oc1cc(F)ccc1[N+](=O)[O-]. The summed E-state index contributed by atoms with van der Waals surface area (Å²) in [4.78, 5) is 21.8. The number of aryl methyl sites for hydroxylation is 1. The zero-order valence-electron chi connectivity index (χ0n) is 11.3. The van der Waals surface area contributed by atoms with E-state index in [1.54, 1.807) is 24.3 Å². The average Bonchev–Trinajstić information content (AvgIpc) is 2.46. The fourth-order valence-electron chi connectivity index (χ4n) is 1.83. The Morgan fingerprint density at radius 2 is 2.00 bits per heavy atom. The van der Waals surface area contributed by atoms with E-state index in [-0.39, 0.29) is 6.42 Å². The average molecular weight is 324 g/mol. The summed E-state index contributed by atoms with van der Waals surface area (Å²) in [5.41, 5.74) is 0.294. The topological polar surface area (TPSA) is 69.4 Å². The Bertz CT molecular complexity index is 720. The summed E-state index contributed by atoms with van der Waals surface area (Å²) >= 11 is 5.96. The molecule has 0 saturated heterocycles. The van der Waals surface area contributed by atoms with Crippen molar-refractivity contribution in [1.29, 1.82) is 0 Å². The molecule has 0 unspecified atom stereocenters. The number of carbonyl (C=O) groups excluding carboxylic acids is 1. The molecule has 22 heavy (non-hydrogen) atoms. The van der Waals surface area contributed by atoms with Crippen LogP contribution in [0.4, 0.5) is 10.1 Å². The lowest BCUT2D eigenvalue weighted by Gasteiger charge is -2.06. The molecule has 0 amide bonds. The molecule has 5 nitrogen and oxygen atoms in total. The van der Waals surface area contributed by atoms with Gasteiger partial charge >= 0.3 is 11.7 Å². The molecule has 7 heteroatoms. The summed E-state index contributed by atoms with van der Waals surface area (Å²) in [5.74, 6) is -1.83. The molecule has 2 aromatic rings. The van der Waals surface area contributed by atoms with E-state index in [4.69, 9.17) is 16.3 Å². The van der Waals surface area contributed by atoms with Crippen LogP contribution in [0.15, 0.2) is 42.5 Å². The van der Waals surface area contributed by atoms with Gasteiger partial charge < -0.3 is 4.74 Å². The van der Waals surface area contributed by atoms with Crippen LogP contribution in [-0.4, -0.2) is 10.9 Å². The van der Waals surface area contributed by atoms with Crippen LogP contribution in [-0.2, 0) is 11.2 Å². The van der Waals surface area contributed by atoms with Crippen LogP contribution in [0.25, 0.3) is 0 Å². The Labute approximate surface area is 130 Å². The molecule has 0 N–H and O–H groups in total. The first-order valence-corrected chi connectivity index (χ1v) is 6.73. The normalized spacial score (nSPS) is 10.3. The number of halogens is 2. The van der Waals surface area contributed by atoms with E-state index in [2.05, 4.69) is 0 Å². The summed E-state index contributed by atoms with van der Waals surface area (Å²) in [7, 11) is 0. The van der Waals surface area contributed by atoms with Crippen molar-refractivity contribution in [2.45, 2.75) is 12.8 Å². The highest BCUT2D eigenvalue weighted by molar-refractivity contribution is 6.31. The number of esters is 1. The van der Waals surface area contributed by atoms with Crippen molar-refractivity contribution in [3.8, 4) is 5.75 Å². The maximum absolute atomic E-state index is 13.1. The zero-order valence-corrected chi connectivity index (χ0v) is 12.0. The molecule has 0 aliphatic heterocycles. The standard InChI is InChI=1S/C15H11ClFNO4/c16-12-4-2-1-3-10(12)5-8-15(19)22-14-9-11(17)6-7-13(14)18(20)21/h1-4,6-7,9H,5,8H2. The van der Waals surface area contributed by atoms with Gasteiger partial charge in [0.05, 0.1) is 11.3 Å². The quantitative estimate of drug-likeness (QED) is 0.362. The second-order valence-electron chi connectivity index (χ2n) is 4.43. The number of rotatable bonds is 5. The van der Waals surface area contributed by atoms with Gasteiger partial charge in [0.2, 0.25) is 5.75 Å². The van der Waals surface area contributed by atoms with E-state index in [9.17, 15) is 19.3 Å². The molecule has 114 valence electrons. The van der Waals surface area contributed by atoms with Crippen LogP contribution >= 0.6 is 11.6 Å². The number of carbonyl (C=O) groups is 1. The first-order valence-electron chi connectivity index (χ1n) is 6.35. The van der Waals surface area contributed by atoms with Gasteiger partial charge in [-0.25, -0.2) is 4.39 Å². The first-order chi connectivity index (χ1) is 10.5. The second-order valence-corrected chi connectivity index (χ2v) is 4.84. The molecule has 0 aliphatic carbocycles. The van der Waals surface area contributed by atoms with Gasteiger partial charge in [0.15, 0.2) is 0 Å². The van der Waals surface area contributed by atoms with Gasteiger partial charge in [-0.2, -0.15) is 0 Å². The van der Waals surface area contributed by atoms with E-state index >= 15 is 0 Å². The third-order valence-electron chi connectivity index (χ3n) is 2.90. The predicted octanol–water partition coefficient (Wildman–Crippen LogP) is 3.93. The molecule has 0 saturated carbocycles. The summed E-state index contributed by atoms with van der Waals surface area (Å²) < 4.78 is 18.0. The molecule has 0 radical (unpaired) electrons. The fourth-order valence-corrected chi connectivity index (χ4v) is 2.06. The number of nitrogens with zero attached hydrogens (tertiary/aromatic N) is 1. The fraction of sp³-hybridized carbons (Fsp3) is 0.133. The number of ether oxygens (including phenoxy) is 1. The van der Waals surface area contributed by atoms with Crippen LogP contribution in [0.3, 0.4) is 0 Å². The largest absolute Gasteiger partial charge is 0.419 e. The van der Waals surface area contributed by atoms with Gasteiger partial charge in [-0.05, 0) is 24.1 Å². The monoisotopic (exact) mass is 323 g/mol. The minimum Gasteiger partial charge on any atom is -0.419 e. The second kappa shape index (κ2) is 7.00. The summed E-state index contributed by atoms with van der Waals surface area (Å²) in [6, 6.07) is 9.70. The van der Waals surface area contributed by atoms with Crippen molar-refractivity contribution in [3.63, 3.8) is 0 Å². The molecular formula is C15H11ClFNO4. The number of nitro benzene ring substituents is 1. The van der Waals surface area contributed by atoms with Gasteiger partial charge in [0.1, 0.15) is 5.82 Å². The minimum absolute atomic E-state index is 0.0304. The molecule has 0 aromatic heterocycles. The zero-order chi connectivity index (χ0) is 16.1. The molecule has 2 aromatic carbocycles.